The molecule has 7 nitrogen and oxygen atoms in total. The zero-order valence-electron chi connectivity index (χ0n) is 16.4. The zero-order chi connectivity index (χ0) is 21.0. The highest BCUT2D eigenvalue weighted by Crippen LogP contribution is 2.17. The van der Waals surface area contributed by atoms with E-state index in [1.807, 2.05) is 44.2 Å². The maximum atomic E-state index is 12.4. The van der Waals surface area contributed by atoms with Gasteiger partial charge in [0.05, 0.1) is 6.54 Å². The van der Waals surface area contributed by atoms with Crippen LogP contribution >= 0.6 is 15.9 Å². The standard InChI is InChI=1S/C21H23BrN4O3/c1-14-3-4-15(2)18(11-14)24-19(27)12-25-9-10-26(13-20(25)28)21(29)23-17-7-5-16(22)6-8-17/h3-8,11H,9-10,12-13H2,1-2H3,(H,23,29)(H,24,27). The van der Waals surface area contributed by atoms with Crippen molar-refractivity contribution in [1.82, 2.24) is 9.80 Å². The number of benzene rings is 2. The summed E-state index contributed by atoms with van der Waals surface area (Å²) >= 11 is 3.34. The molecule has 0 bridgehead atoms. The highest BCUT2D eigenvalue weighted by molar-refractivity contribution is 9.10. The van der Waals surface area contributed by atoms with Crippen molar-refractivity contribution in [1.29, 1.82) is 0 Å². The predicted octanol–water partition coefficient (Wildman–Crippen LogP) is 3.38. The van der Waals surface area contributed by atoms with Gasteiger partial charge in [0.15, 0.2) is 0 Å². The smallest absolute Gasteiger partial charge is 0.322 e. The van der Waals surface area contributed by atoms with E-state index in [1.54, 1.807) is 12.1 Å². The lowest BCUT2D eigenvalue weighted by molar-refractivity contribution is -0.137. The van der Waals surface area contributed by atoms with E-state index in [2.05, 4.69) is 26.6 Å². The predicted molar refractivity (Wildman–Crippen MR) is 116 cm³/mol. The van der Waals surface area contributed by atoms with Crippen molar-refractivity contribution in [3.05, 3.63) is 58.1 Å². The number of hydrogen-bond acceptors (Lipinski definition) is 3. The number of urea groups is 1. The van der Waals surface area contributed by atoms with E-state index in [0.717, 1.165) is 21.3 Å². The van der Waals surface area contributed by atoms with Crippen molar-refractivity contribution in [2.75, 3.05) is 36.8 Å². The minimum absolute atomic E-state index is 0.0333. The van der Waals surface area contributed by atoms with E-state index in [4.69, 9.17) is 0 Å². The molecule has 0 aliphatic carbocycles. The largest absolute Gasteiger partial charge is 0.330 e. The summed E-state index contributed by atoms with van der Waals surface area (Å²) in [7, 11) is 0. The molecule has 4 amide bonds. The number of halogens is 1. The molecule has 1 heterocycles. The molecule has 0 atom stereocenters. The Morgan fingerprint density at radius 2 is 1.76 bits per heavy atom. The molecule has 1 fully saturated rings. The van der Waals surface area contributed by atoms with Crippen LogP contribution in [0, 0.1) is 13.8 Å². The number of nitrogens with one attached hydrogen (secondary N) is 2. The van der Waals surface area contributed by atoms with Gasteiger partial charge in [-0.25, -0.2) is 4.79 Å². The number of anilines is 2. The summed E-state index contributed by atoms with van der Waals surface area (Å²) in [5.74, 6) is -0.502. The van der Waals surface area contributed by atoms with Crippen LogP contribution in [0.1, 0.15) is 11.1 Å². The van der Waals surface area contributed by atoms with Gasteiger partial charge in [0, 0.05) is 28.9 Å². The highest BCUT2D eigenvalue weighted by Gasteiger charge is 2.28. The van der Waals surface area contributed by atoms with E-state index in [0.29, 0.717) is 18.8 Å². The second-order valence-electron chi connectivity index (χ2n) is 7.04. The maximum absolute atomic E-state index is 12.4. The molecule has 0 spiro atoms. The number of rotatable bonds is 4. The van der Waals surface area contributed by atoms with E-state index in [9.17, 15) is 14.4 Å². The normalized spacial score (nSPS) is 14.0. The number of carbonyl (C=O) groups excluding carboxylic acids is 3. The van der Waals surface area contributed by atoms with Crippen molar-refractivity contribution in [3.8, 4) is 0 Å². The van der Waals surface area contributed by atoms with Gasteiger partial charge in [-0.05, 0) is 55.3 Å². The number of carbonyl (C=O) groups is 3. The summed E-state index contributed by atoms with van der Waals surface area (Å²) < 4.78 is 0.915. The quantitative estimate of drug-likeness (QED) is 0.736. The van der Waals surface area contributed by atoms with Crippen molar-refractivity contribution in [2.24, 2.45) is 0 Å². The number of amides is 4. The molecule has 0 unspecified atom stereocenters. The molecular weight excluding hydrogens is 436 g/mol. The van der Waals surface area contributed by atoms with Crippen LogP contribution in [0.3, 0.4) is 0 Å². The molecule has 0 aromatic heterocycles. The SMILES string of the molecule is Cc1ccc(C)c(NC(=O)CN2CCN(C(=O)Nc3ccc(Br)cc3)CC2=O)c1. The summed E-state index contributed by atoms with van der Waals surface area (Å²) in [6.07, 6.45) is 0. The monoisotopic (exact) mass is 458 g/mol. The van der Waals surface area contributed by atoms with Gasteiger partial charge in [0.25, 0.3) is 0 Å². The molecule has 8 heteroatoms. The third kappa shape index (κ3) is 5.57. The Balaban J connectivity index is 1.52. The summed E-state index contributed by atoms with van der Waals surface area (Å²) in [6, 6.07) is 12.7. The number of hydrogen-bond donors (Lipinski definition) is 2. The average molecular weight is 459 g/mol. The van der Waals surface area contributed by atoms with Crippen LogP contribution in [0.2, 0.25) is 0 Å². The first-order chi connectivity index (χ1) is 13.8. The minimum Gasteiger partial charge on any atom is -0.330 e. The molecule has 2 aromatic carbocycles. The van der Waals surface area contributed by atoms with E-state index >= 15 is 0 Å². The van der Waals surface area contributed by atoms with Crippen LogP contribution in [0.5, 0.6) is 0 Å². The van der Waals surface area contributed by atoms with Crippen LogP contribution in [0.25, 0.3) is 0 Å². The van der Waals surface area contributed by atoms with Crippen molar-refractivity contribution >= 4 is 45.2 Å². The molecule has 1 aliphatic heterocycles. The molecule has 0 radical (unpaired) electrons. The van der Waals surface area contributed by atoms with Crippen LogP contribution in [0.15, 0.2) is 46.9 Å². The fourth-order valence-corrected chi connectivity index (χ4v) is 3.28. The molecule has 2 aromatic rings. The second-order valence-corrected chi connectivity index (χ2v) is 7.96. The van der Waals surface area contributed by atoms with Crippen molar-refractivity contribution in [3.63, 3.8) is 0 Å². The lowest BCUT2D eigenvalue weighted by Gasteiger charge is -2.33. The Kier molecular flexibility index (Phi) is 6.53. The van der Waals surface area contributed by atoms with E-state index < -0.39 is 0 Å². The lowest BCUT2D eigenvalue weighted by atomic mass is 10.1. The topological polar surface area (TPSA) is 81.8 Å². The Bertz CT molecular complexity index is 930. The van der Waals surface area contributed by atoms with Crippen LogP contribution in [-0.4, -0.2) is 53.8 Å². The Morgan fingerprint density at radius 1 is 1.03 bits per heavy atom. The van der Waals surface area contributed by atoms with Gasteiger partial charge < -0.3 is 20.4 Å². The van der Waals surface area contributed by atoms with Gasteiger partial charge in [-0.1, -0.05) is 28.1 Å². The molecule has 1 aliphatic rings. The molecule has 1 saturated heterocycles. The average Bonchev–Trinajstić information content (AvgIpc) is 2.68. The minimum atomic E-state index is -0.333. The summed E-state index contributed by atoms with van der Waals surface area (Å²) in [5.41, 5.74) is 3.41. The van der Waals surface area contributed by atoms with Gasteiger partial charge >= 0.3 is 6.03 Å². The zero-order valence-corrected chi connectivity index (χ0v) is 18.0. The Labute approximate surface area is 178 Å². The maximum Gasteiger partial charge on any atom is 0.322 e. The van der Waals surface area contributed by atoms with Gasteiger partial charge in [-0.15, -0.1) is 0 Å². The van der Waals surface area contributed by atoms with Crippen LogP contribution in [-0.2, 0) is 9.59 Å². The first-order valence-corrected chi connectivity index (χ1v) is 10.1. The molecule has 0 saturated carbocycles. The summed E-state index contributed by atoms with van der Waals surface area (Å²) in [4.78, 5) is 40.1. The lowest BCUT2D eigenvalue weighted by Crippen LogP contribution is -2.54. The van der Waals surface area contributed by atoms with Gasteiger partial charge in [-0.2, -0.15) is 0 Å². The first-order valence-electron chi connectivity index (χ1n) is 9.28. The third-order valence-corrected chi connectivity index (χ3v) is 5.23. The van der Waals surface area contributed by atoms with E-state index in [1.165, 1.54) is 9.80 Å². The Morgan fingerprint density at radius 3 is 2.45 bits per heavy atom. The first kappa shape index (κ1) is 20.9. The second kappa shape index (κ2) is 9.09. The number of nitrogens with zero attached hydrogens (tertiary/aromatic N) is 2. The summed E-state index contributed by atoms with van der Waals surface area (Å²) in [6.45, 7) is 4.46. The van der Waals surface area contributed by atoms with Crippen LogP contribution in [0.4, 0.5) is 16.2 Å². The van der Waals surface area contributed by atoms with Crippen molar-refractivity contribution in [2.45, 2.75) is 13.8 Å². The fraction of sp³-hybridized carbons (Fsp3) is 0.286. The fourth-order valence-electron chi connectivity index (χ4n) is 3.02. The van der Waals surface area contributed by atoms with E-state index in [-0.39, 0.29) is 30.9 Å². The molecule has 3 rings (SSSR count). The van der Waals surface area contributed by atoms with Gasteiger partial charge in [0.2, 0.25) is 11.8 Å². The molecule has 2 N–H and O–H groups in total. The highest BCUT2D eigenvalue weighted by atomic mass is 79.9. The number of aryl methyl sites for hydroxylation is 2. The van der Waals surface area contributed by atoms with Crippen molar-refractivity contribution < 1.29 is 14.4 Å². The number of piperazine rings is 1. The molecule has 152 valence electrons. The third-order valence-electron chi connectivity index (χ3n) is 4.70. The summed E-state index contributed by atoms with van der Waals surface area (Å²) in [5, 5.41) is 5.64. The van der Waals surface area contributed by atoms with Gasteiger partial charge in [0.1, 0.15) is 6.54 Å². The molecule has 29 heavy (non-hydrogen) atoms. The van der Waals surface area contributed by atoms with Gasteiger partial charge in [-0.3, -0.25) is 9.59 Å². The van der Waals surface area contributed by atoms with Crippen LogP contribution < -0.4 is 10.6 Å². The Hall–Kier alpha value is -2.87. The molecular formula is C21H23BrN4O3.